The number of amides is 4. The van der Waals surface area contributed by atoms with Crippen molar-refractivity contribution < 1.29 is 19.1 Å². The largest absolute Gasteiger partial charge is 0.377 e. The topological polar surface area (TPSA) is 75.7 Å². The second-order valence-corrected chi connectivity index (χ2v) is 3.97. The summed E-state index contributed by atoms with van der Waals surface area (Å²) < 4.78 is 5.28. The van der Waals surface area contributed by atoms with E-state index in [1.807, 2.05) is 6.92 Å². The van der Waals surface area contributed by atoms with Gasteiger partial charge in [-0.05, 0) is 20.3 Å². The molecule has 0 aliphatic carbocycles. The molecule has 0 aromatic carbocycles. The third-order valence-corrected chi connectivity index (χ3v) is 2.66. The number of carbonyl (C=O) groups is 3. The normalized spacial score (nSPS) is 22.6. The predicted molar refractivity (Wildman–Crippen MR) is 60.1 cm³/mol. The quantitative estimate of drug-likeness (QED) is 0.713. The first-order valence-electron chi connectivity index (χ1n) is 5.79. The van der Waals surface area contributed by atoms with Crippen LogP contribution < -0.4 is 5.32 Å². The fraction of sp³-hybridized carbons (Fsp3) is 0.727. The molecule has 0 radical (unpaired) electrons. The van der Waals surface area contributed by atoms with Gasteiger partial charge in [-0.15, -0.1) is 0 Å². The molecule has 0 aromatic heterocycles. The minimum atomic E-state index is -0.762. The summed E-state index contributed by atoms with van der Waals surface area (Å²) in [5, 5.41) is 2.18. The Labute approximate surface area is 100 Å². The molecule has 1 aliphatic rings. The van der Waals surface area contributed by atoms with E-state index >= 15 is 0 Å². The van der Waals surface area contributed by atoms with Gasteiger partial charge in [0, 0.05) is 6.61 Å². The zero-order valence-corrected chi connectivity index (χ0v) is 10.4. The molecule has 17 heavy (non-hydrogen) atoms. The number of urea groups is 1. The van der Waals surface area contributed by atoms with Gasteiger partial charge < -0.3 is 4.74 Å². The highest BCUT2D eigenvalue weighted by molar-refractivity contribution is 6.16. The SMILES string of the molecule is CCOC(C)CN1C(=O)NC(=O)C(CC)C1=O. The zero-order valence-electron chi connectivity index (χ0n) is 10.4. The number of nitrogens with zero attached hydrogens (tertiary/aromatic N) is 1. The summed E-state index contributed by atoms with van der Waals surface area (Å²) in [4.78, 5) is 35.9. The second kappa shape index (κ2) is 5.77. The van der Waals surface area contributed by atoms with Crippen LogP contribution in [0.4, 0.5) is 4.79 Å². The lowest BCUT2D eigenvalue weighted by Gasteiger charge is -2.31. The molecule has 1 fully saturated rings. The summed E-state index contributed by atoms with van der Waals surface area (Å²) in [7, 11) is 0. The molecule has 1 N–H and O–H groups in total. The molecule has 1 rings (SSSR count). The number of imide groups is 2. The maximum absolute atomic E-state index is 11.9. The monoisotopic (exact) mass is 242 g/mol. The van der Waals surface area contributed by atoms with E-state index in [0.717, 1.165) is 4.90 Å². The van der Waals surface area contributed by atoms with Crippen LogP contribution >= 0.6 is 0 Å². The van der Waals surface area contributed by atoms with Crippen LogP contribution in [0.15, 0.2) is 0 Å². The van der Waals surface area contributed by atoms with Gasteiger partial charge in [0.1, 0.15) is 5.92 Å². The molecule has 0 saturated carbocycles. The number of hydrogen-bond donors (Lipinski definition) is 1. The first-order valence-corrected chi connectivity index (χ1v) is 5.79. The Hall–Kier alpha value is -1.43. The highest BCUT2D eigenvalue weighted by atomic mass is 16.5. The van der Waals surface area contributed by atoms with E-state index < -0.39 is 23.8 Å². The fourth-order valence-electron chi connectivity index (χ4n) is 1.79. The molecule has 0 aromatic rings. The molecule has 6 nitrogen and oxygen atoms in total. The molecular weight excluding hydrogens is 224 g/mol. The summed E-state index contributed by atoms with van der Waals surface area (Å²) >= 11 is 0. The van der Waals surface area contributed by atoms with E-state index in [2.05, 4.69) is 5.32 Å². The second-order valence-electron chi connectivity index (χ2n) is 3.97. The lowest BCUT2D eigenvalue weighted by atomic mass is 10.0. The fourth-order valence-corrected chi connectivity index (χ4v) is 1.79. The molecule has 4 amide bonds. The van der Waals surface area contributed by atoms with Gasteiger partial charge in [-0.1, -0.05) is 6.92 Å². The van der Waals surface area contributed by atoms with Crippen molar-refractivity contribution in [3.05, 3.63) is 0 Å². The van der Waals surface area contributed by atoms with Gasteiger partial charge >= 0.3 is 6.03 Å². The van der Waals surface area contributed by atoms with E-state index in [1.165, 1.54) is 0 Å². The van der Waals surface area contributed by atoms with Crippen molar-refractivity contribution >= 4 is 17.8 Å². The van der Waals surface area contributed by atoms with Gasteiger partial charge in [-0.2, -0.15) is 0 Å². The summed E-state index contributed by atoms with van der Waals surface area (Å²) in [6.45, 7) is 6.04. The molecule has 0 bridgehead atoms. The molecule has 0 spiro atoms. The van der Waals surface area contributed by atoms with Crippen molar-refractivity contribution in [2.45, 2.75) is 33.3 Å². The van der Waals surface area contributed by atoms with Crippen LogP contribution in [-0.4, -0.2) is 42.0 Å². The van der Waals surface area contributed by atoms with Crippen molar-refractivity contribution in [2.75, 3.05) is 13.2 Å². The van der Waals surface area contributed by atoms with E-state index in [4.69, 9.17) is 4.74 Å². The van der Waals surface area contributed by atoms with Crippen LogP contribution in [0.25, 0.3) is 0 Å². The predicted octanol–water partition coefficient (Wildman–Crippen LogP) is 0.516. The molecule has 6 heteroatoms. The number of carbonyl (C=O) groups excluding carboxylic acids is 3. The standard InChI is InChI=1S/C11H18N2O4/c1-4-8-9(14)12-11(16)13(10(8)15)6-7(3)17-5-2/h7-8H,4-6H2,1-3H3,(H,12,14,16). The van der Waals surface area contributed by atoms with Gasteiger partial charge in [0.25, 0.3) is 0 Å². The van der Waals surface area contributed by atoms with Crippen LogP contribution in [0.1, 0.15) is 27.2 Å². The van der Waals surface area contributed by atoms with Crippen molar-refractivity contribution in [3.63, 3.8) is 0 Å². The van der Waals surface area contributed by atoms with Gasteiger partial charge in [0.15, 0.2) is 0 Å². The Balaban J connectivity index is 2.73. The Morgan fingerprint density at radius 3 is 2.53 bits per heavy atom. The van der Waals surface area contributed by atoms with Gasteiger partial charge in [-0.3, -0.25) is 19.8 Å². The first kappa shape index (κ1) is 13.6. The maximum Gasteiger partial charge on any atom is 0.330 e. The Bertz CT molecular complexity index is 329. The van der Waals surface area contributed by atoms with Crippen molar-refractivity contribution in [1.29, 1.82) is 0 Å². The lowest BCUT2D eigenvalue weighted by molar-refractivity contribution is -0.143. The molecule has 2 atom stereocenters. The van der Waals surface area contributed by atoms with Crippen molar-refractivity contribution in [2.24, 2.45) is 5.92 Å². The molecule has 1 heterocycles. The zero-order chi connectivity index (χ0) is 13.0. The van der Waals surface area contributed by atoms with Gasteiger partial charge in [-0.25, -0.2) is 4.79 Å². The first-order chi connectivity index (χ1) is 8.01. The van der Waals surface area contributed by atoms with Gasteiger partial charge in [0.05, 0.1) is 12.6 Å². The third kappa shape index (κ3) is 3.03. The third-order valence-electron chi connectivity index (χ3n) is 2.66. The minimum Gasteiger partial charge on any atom is -0.377 e. The molecule has 1 saturated heterocycles. The maximum atomic E-state index is 11.9. The molecule has 1 aliphatic heterocycles. The number of rotatable bonds is 5. The van der Waals surface area contributed by atoms with E-state index in [1.54, 1.807) is 13.8 Å². The van der Waals surface area contributed by atoms with E-state index in [-0.39, 0.29) is 12.6 Å². The van der Waals surface area contributed by atoms with Crippen LogP contribution in [0.5, 0.6) is 0 Å². The number of ether oxygens (including phenoxy) is 1. The average molecular weight is 242 g/mol. The highest BCUT2D eigenvalue weighted by Gasteiger charge is 2.39. The number of hydrogen-bond acceptors (Lipinski definition) is 4. The number of nitrogens with one attached hydrogen (secondary N) is 1. The lowest BCUT2D eigenvalue weighted by Crippen LogP contribution is -2.59. The smallest absolute Gasteiger partial charge is 0.330 e. The highest BCUT2D eigenvalue weighted by Crippen LogP contribution is 2.14. The summed E-state index contributed by atoms with van der Waals surface area (Å²) in [6, 6.07) is -0.656. The Kier molecular flexibility index (Phi) is 4.62. The Morgan fingerprint density at radius 1 is 1.35 bits per heavy atom. The van der Waals surface area contributed by atoms with E-state index in [9.17, 15) is 14.4 Å². The molecular formula is C11H18N2O4. The van der Waals surface area contributed by atoms with Crippen LogP contribution in [0.3, 0.4) is 0 Å². The van der Waals surface area contributed by atoms with Gasteiger partial charge in [0.2, 0.25) is 11.8 Å². The van der Waals surface area contributed by atoms with Crippen LogP contribution in [-0.2, 0) is 14.3 Å². The molecule has 2 unspecified atom stereocenters. The summed E-state index contributed by atoms with van der Waals surface area (Å²) in [5.74, 6) is -1.71. The van der Waals surface area contributed by atoms with Crippen molar-refractivity contribution in [1.82, 2.24) is 10.2 Å². The number of barbiturate groups is 1. The van der Waals surface area contributed by atoms with E-state index in [0.29, 0.717) is 13.0 Å². The summed E-state index contributed by atoms with van der Waals surface area (Å²) in [6.07, 6.45) is 0.151. The van der Waals surface area contributed by atoms with Crippen LogP contribution in [0.2, 0.25) is 0 Å². The van der Waals surface area contributed by atoms with Crippen LogP contribution in [0, 0.1) is 5.92 Å². The summed E-state index contributed by atoms with van der Waals surface area (Å²) in [5.41, 5.74) is 0. The molecule has 96 valence electrons. The minimum absolute atomic E-state index is 0.169. The average Bonchev–Trinajstić information content (AvgIpc) is 2.25. The van der Waals surface area contributed by atoms with Crippen molar-refractivity contribution in [3.8, 4) is 0 Å². The Morgan fingerprint density at radius 2 is 2.00 bits per heavy atom.